The minimum atomic E-state index is -0.819. The van der Waals surface area contributed by atoms with Crippen molar-refractivity contribution >= 4 is 39.9 Å². The zero-order valence-electron chi connectivity index (χ0n) is 8.07. The molecule has 0 radical (unpaired) electrons. The molecule has 0 N–H and O–H groups in total. The molecule has 0 aromatic rings. The summed E-state index contributed by atoms with van der Waals surface area (Å²) in [6, 6.07) is 0. The van der Waals surface area contributed by atoms with Crippen LogP contribution < -0.4 is 0 Å². The molecule has 0 aromatic carbocycles. The zero-order chi connectivity index (χ0) is 10.3. The number of carbonyl (C=O) groups excluding carboxylic acids is 2. The van der Waals surface area contributed by atoms with Crippen molar-refractivity contribution in [2.75, 3.05) is 14.2 Å². The van der Waals surface area contributed by atoms with E-state index < -0.39 is 17.9 Å². The number of ether oxygens (including phenoxy) is 2. The first-order valence-corrected chi connectivity index (χ1v) is 5.09. The van der Waals surface area contributed by atoms with Crippen molar-refractivity contribution in [3.8, 4) is 0 Å². The molecule has 0 aliphatic heterocycles. The molecule has 0 unspecified atom stereocenters. The van der Waals surface area contributed by atoms with Gasteiger partial charge in [-0.15, -0.1) is 0 Å². The van der Waals surface area contributed by atoms with Crippen molar-refractivity contribution in [2.45, 2.75) is 6.42 Å². The third-order valence-electron chi connectivity index (χ3n) is 1.58. The molecule has 0 heterocycles. The van der Waals surface area contributed by atoms with Gasteiger partial charge in [0.15, 0.2) is 0 Å². The fraction of sp³-hybridized carbons (Fsp3) is 0.500. The summed E-state index contributed by atoms with van der Waals surface area (Å²) in [6.45, 7) is 0. The number of hydrogen-bond donors (Lipinski definition) is 0. The molecule has 0 aromatic heterocycles. The van der Waals surface area contributed by atoms with Gasteiger partial charge in [0.05, 0.1) is 0 Å². The Morgan fingerprint density at radius 1 is 1.31 bits per heavy atom. The summed E-state index contributed by atoms with van der Waals surface area (Å²) < 4.78 is 10.8. The van der Waals surface area contributed by atoms with Crippen LogP contribution in [-0.4, -0.2) is 54.1 Å². The monoisotopic (exact) mass is 194 g/mol. The van der Waals surface area contributed by atoms with Crippen LogP contribution in [0.4, 0.5) is 0 Å². The molecule has 5 heteroatoms. The Morgan fingerprint density at radius 3 is 2.08 bits per heavy atom. The van der Waals surface area contributed by atoms with E-state index >= 15 is 0 Å². The Hall–Kier alpha value is -0.320. The van der Waals surface area contributed by atoms with Gasteiger partial charge in [0.2, 0.25) is 0 Å². The van der Waals surface area contributed by atoms with E-state index in [1.807, 2.05) is 3.33 Å². The Morgan fingerprint density at radius 2 is 1.77 bits per heavy atom. The van der Waals surface area contributed by atoms with Crippen LogP contribution in [-0.2, 0) is 19.1 Å². The van der Waals surface area contributed by atoms with E-state index in [-0.39, 0.29) is 0 Å². The van der Waals surface area contributed by atoms with Gasteiger partial charge in [0.25, 0.3) is 0 Å². The fourth-order valence-electron chi connectivity index (χ4n) is 0.845. The Bertz CT molecular complexity index is 196. The number of methoxy groups -OCH3 is 2. The summed E-state index contributed by atoms with van der Waals surface area (Å²) in [7, 11) is 2.51. The molecule has 0 saturated heterocycles. The van der Waals surface area contributed by atoms with Crippen LogP contribution in [0.5, 0.6) is 0 Å². The molecule has 0 rings (SSSR count). The van der Waals surface area contributed by atoms with Crippen LogP contribution in [0.25, 0.3) is 0 Å². The average molecular weight is 194 g/mol. The van der Waals surface area contributed by atoms with E-state index in [0.717, 1.165) is 27.9 Å². The van der Waals surface area contributed by atoms with Gasteiger partial charge in [-0.1, -0.05) is 0 Å². The van der Waals surface area contributed by atoms with E-state index in [1.165, 1.54) is 14.2 Å². The molecule has 4 nitrogen and oxygen atoms in total. The van der Waals surface area contributed by atoms with Crippen molar-refractivity contribution in [3.63, 3.8) is 0 Å². The second-order valence-corrected chi connectivity index (χ2v) is 3.07. The Labute approximate surface area is 94.7 Å². The number of carbonyl (C=O) groups is 2. The normalized spacial score (nSPS) is 10.5. The topological polar surface area (TPSA) is 52.6 Å². The Kier molecular flexibility index (Phi) is 6.94. The second-order valence-electron chi connectivity index (χ2n) is 2.40. The van der Waals surface area contributed by atoms with E-state index in [4.69, 9.17) is 0 Å². The van der Waals surface area contributed by atoms with Crippen molar-refractivity contribution in [1.29, 1.82) is 0 Å². The maximum atomic E-state index is 11.1. The molecule has 0 aliphatic carbocycles. The van der Waals surface area contributed by atoms with Gasteiger partial charge in [-0.05, 0) is 0 Å². The van der Waals surface area contributed by atoms with Crippen molar-refractivity contribution < 1.29 is 19.1 Å². The van der Waals surface area contributed by atoms with Gasteiger partial charge in [0, 0.05) is 0 Å². The number of hydrogen-bond acceptors (Lipinski definition) is 4. The molecular weight excluding hydrogens is 183 g/mol. The van der Waals surface area contributed by atoms with Crippen molar-refractivity contribution in [3.05, 3.63) is 9.40 Å². The summed E-state index contributed by atoms with van der Waals surface area (Å²) in [6.07, 6.45) is 2.13. The molecule has 68 valence electrons. The number of esters is 2. The van der Waals surface area contributed by atoms with Crippen LogP contribution >= 0.6 is 0 Å². The first-order chi connectivity index (χ1) is 6.17. The van der Waals surface area contributed by atoms with Gasteiger partial charge in [-0.2, -0.15) is 0 Å². The van der Waals surface area contributed by atoms with Gasteiger partial charge in [-0.3, -0.25) is 0 Å². The maximum absolute atomic E-state index is 11.1. The van der Waals surface area contributed by atoms with Crippen LogP contribution in [0.1, 0.15) is 6.42 Å². The predicted molar refractivity (Wildman–Crippen MR) is 47.0 cm³/mol. The van der Waals surface area contributed by atoms with E-state index in [1.54, 1.807) is 6.08 Å². The molecule has 13 heavy (non-hydrogen) atoms. The summed E-state index contributed by atoms with van der Waals surface area (Å²) in [5.74, 6) is -1.92. The summed E-state index contributed by atoms with van der Waals surface area (Å²) >= 11 is 0.904. The standard InChI is InChI=1S/C8H11O4.Na/c1-4-5-6(7(9)11-2)8(10)12-3;/h1,4,6H,5H2,2-3H3;. The molecule has 0 amide bonds. The van der Waals surface area contributed by atoms with E-state index in [9.17, 15) is 9.59 Å². The summed E-state index contributed by atoms with van der Waals surface area (Å²) in [5, 5.41) is 0. The van der Waals surface area contributed by atoms with Crippen molar-refractivity contribution in [1.82, 2.24) is 0 Å². The third kappa shape index (κ3) is 4.45. The molecule has 0 aliphatic rings. The first-order valence-electron chi connectivity index (χ1n) is 3.94. The molecule has 0 atom stereocenters. The number of allylic oxidation sites excluding steroid dienone is 1. The van der Waals surface area contributed by atoms with Gasteiger partial charge in [-0.25, -0.2) is 0 Å². The predicted octanol–water partition coefficient (Wildman–Crippen LogP) is 0.0209. The molecule has 0 spiro atoms. The van der Waals surface area contributed by atoms with Crippen LogP contribution in [0, 0.1) is 5.92 Å². The minimum absolute atomic E-state index is 0.350. The molecular formula is C8H11NaO4. The number of rotatable bonds is 4. The third-order valence-corrected chi connectivity index (χ3v) is 2.05. The summed E-state index contributed by atoms with van der Waals surface area (Å²) in [4.78, 5) is 22.1. The zero-order valence-corrected chi connectivity index (χ0v) is 10.1. The first kappa shape index (κ1) is 12.7. The van der Waals surface area contributed by atoms with Crippen LogP contribution in [0.15, 0.2) is 9.40 Å². The summed E-state index contributed by atoms with van der Waals surface area (Å²) in [5.41, 5.74) is 0. The fourth-order valence-corrected chi connectivity index (χ4v) is 1.12. The van der Waals surface area contributed by atoms with Gasteiger partial charge in [0.1, 0.15) is 0 Å². The van der Waals surface area contributed by atoms with Gasteiger partial charge >= 0.3 is 94.9 Å². The van der Waals surface area contributed by atoms with Crippen molar-refractivity contribution in [2.24, 2.45) is 5.92 Å². The van der Waals surface area contributed by atoms with Crippen LogP contribution in [0.3, 0.4) is 0 Å². The molecule has 0 saturated carbocycles. The van der Waals surface area contributed by atoms with E-state index in [0.29, 0.717) is 6.42 Å². The molecule has 0 fully saturated rings. The van der Waals surface area contributed by atoms with Crippen LogP contribution in [0.2, 0.25) is 0 Å². The second kappa shape index (κ2) is 7.12. The quantitative estimate of drug-likeness (QED) is 0.359. The average Bonchev–Trinajstić information content (AvgIpc) is 2.17. The SMILES string of the molecule is COC(=O)C(CC=[CH][Na])C(=O)OC. The van der Waals surface area contributed by atoms with E-state index in [2.05, 4.69) is 9.47 Å². The molecule has 0 bridgehead atoms. The Balaban J connectivity index is 4.35. The van der Waals surface area contributed by atoms with Gasteiger partial charge < -0.3 is 0 Å².